The zero-order chi connectivity index (χ0) is 23.3. The van der Waals surface area contributed by atoms with Crippen molar-refractivity contribution in [3.05, 3.63) is 24.0 Å². The number of pyridine rings is 1. The maximum Gasteiger partial charge on any atom is 0.387 e. The molecule has 0 radical (unpaired) electrons. The van der Waals surface area contributed by atoms with E-state index in [-0.39, 0.29) is 17.6 Å². The van der Waals surface area contributed by atoms with Crippen LogP contribution in [0.25, 0.3) is 11.3 Å². The molecule has 0 aromatic carbocycles. The Balaban J connectivity index is 1.36. The molecule has 2 aromatic rings. The van der Waals surface area contributed by atoms with Crippen LogP contribution in [-0.2, 0) is 4.74 Å². The SMILES string of the molecule is CCC(C)n1nc(-c2cnc(N)c(OC(F)F)c2)cc1C1C2CC(N3CCC(OC)C3)CC21. The summed E-state index contributed by atoms with van der Waals surface area (Å²) >= 11 is 0. The van der Waals surface area contributed by atoms with Gasteiger partial charge in [-0.15, -0.1) is 0 Å². The van der Waals surface area contributed by atoms with Gasteiger partial charge in [0, 0.05) is 55.7 Å². The first-order valence-electron chi connectivity index (χ1n) is 12.0. The third kappa shape index (κ3) is 4.21. The van der Waals surface area contributed by atoms with E-state index in [1.165, 1.54) is 24.6 Å². The number of aromatic nitrogens is 3. The molecule has 2 aliphatic carbocycles. The van der Waals surface area contributed by atoms with E-state index in [9.17, 15) is 8.78 Å². The fraction of sp³-hybridized carbons (Fsp3) is 0.667. The van der Waals surface area contributed by atoms with Crippen LogP contribution in [0.1, 0.15) is 57.2 Å². The van der Waals surface area contributed by atoms with Crippen molar-refractivity contribution in [2.24, 2.45) is 11.8 Å². The first kappa shape index (κ1) is 22.5. The molecular formula is C24H33F2N5O2. The van der Waals surface area contributed by atoms with E-state index in [0.717, 1.165) is 31.6 Å². The van der Waals surface area contributed by atoms with Crippen LogP contribution in [0.2, 0.25) is 0 Å². The maximum atomic E-state index is 12.7. The lowest BCUT2D eigenvalue weighted by molar-refractivity contribution is -0.0494. The number of nitrogens with two attached hydrogens (primary N) is 1. The molecule has 0 spiro atoms. The Labute approximate surface area is 193 Å². The van der Waals surface area contributed by atoms with Crippen LogP contribution in [0, 0.1) is 11.8 Å². The molecule has 2 N–H and O–H groups in total. The summed E-state index contributed by atoms with van der Waals surface area (Å²) in [6, 6.07) is 4.53. The second-order valence-electron chi connectivity index (χ2n) is 9.76. The van der Waals surface area contributed by atoms with Crippen LogP contribution in [-0.4, -0.2) is 58.6 Å². The number of methoxy groups -OCH3 is 1. The summed E-state index contributed by atoms with van der Waals surface area (Å²) in [5.41, 5.74) is 8.32. The van der Waals surface area contributed by atoms with Crippen LogP contribution in [0.5, 0.6) is 5.75 Å². The van der Waals surface area contributed by atoms with Crippen LogP contribution >= 0.6 is 0 Å². The minimum Gasteiger partial charge on any atom is -0.431 e. The number of hydrogen-bond donors (Lipinski definition) is 1. The van der Waals surface area contributed by atoms with Gasteiger partial charge in [-0.25, -0.2) is 4.98 Å². The molecule has 180 valence electrons. The van der Waals surface area contributed by atoms with Gasteiger partial charge in [-0.05, 0) is 56.6 Å². The molecular weight excluding hydrogens is 428 g/mol. The Hall–Kier alpha value is -2.26. The number of fused-ring (bicyclic) bond motifs is 1. The van der Waals surface area contributed by atoms with Gasteiger partial charge in [0.05, 0.1) is 11.8 Å². The highest BCUT2D eigenvalue weighted by Gasteiger charge is 2.59. The van der Waals surface area contributed by atoms with Crippen LogP contribution in [0.15, 0.2) is 18.3 Å². The molecule has 9 heteroatoms. The van der Waals surface area contributed by atoms with E-state index in [2.05, 4.69) is 39.2 Å². The summed E-state index contributed by atoms with van der Waals surface area (Å²) in [4.78, 5) is 6.66. The highest BCUT2D eigenvalue weighted by Crippen LogP contribution is 2.64. The molecule has 2 aromatic heterocycles. The highest BCUT2D eigenvalue weighted by molar-refractivity contribution is 5.64. The van der Waals surface area contributed by atoms with Gasteiger partial charge < -0.3 is 15.2 Å². The molecule has 7 nitrogen and oxygen atoms in total. The molecule has 1 saturated heterocycles. The van der Waals surface area contributed by atoms with Crippen molar-refractivity contribution in [2.45, 2.75) is 70.2 Å². The number of ether oxygens (including phenoxy) is 2. The number of nitrogen functional groups attached to an aromatic ring is 1. The number of rotatable bonds is 8. The molecule has 33 heavy (non-hydrogen) atoms. The van der Waals surface area contributed by atoms with E-state index >= 15 is 0 Å². The summed E-state index contributed by atoms with van der Waals surface area (Å²) in [7, 11) is 1.81. The first-order valence-corrected chi connectivity index (χ1v) is 12.0. The average molecular weight is 462 g/mol. The van der Waals surface area contributed by atoms with Gasteiger partial charge in [0.25, 0.3) is 0 Å². The van der Waals surface area contributed by atoms with Gasteiger partial charge in [0.1, 0.15) is 0 Å². The van der Waals surface area contributed by atoms with Crippen molar-refractivity contribution in [3.63, 3.8) is 0 Å². The summed E-state index contributed by atoms with van der Waals surface area (Å²) in [6.45, 7) is 3.55. The number of alkyl halides is 2. The summed E-state index contributed by atoms with van der Waals surface area (Å²) in [5.74, 6) is 1.71. The topological polar surface area (TPSA) is 78.4 Å². The molecule has 4 atom stereocenters. The van der Waals surface area contributed by atoms with Crippen molar-refractivity contribution in [2.75, 3.05) is 25.9 Å². The van der Waals surface area contributed by atoms with E-state index in [4.69, 9.17) is 15.6 Å². The minimum atomic E-state index is -2.95. The van der Waals surface area contributed by atoms with Crippen LogP contribution < -0.4 is 10.5 Å². The summed E-state index contributed by atoms with van der Waals surface area (Å²) < 4.78 is 37.7. The van der Waals surface area contributed by atoms with Gasteiger partial charge in [0.2, 0.25) is 0 Å². The summed E-state index contributed by atoms with van der Waals surface area (Å²) in [6.07, 6.45) is 6.49. The van der Waals surface area contributed by atoms with Gasteiger partial charge >= 0.3 is 6.61 Å². The second-order valence-corrected chi connectivity index (χ2v) is 9.76. The van der Waals surface area contributed by atoms with Crippen LogP contribution in [0.4, 0.5) is 14.6 Å². The minimum absolute atomic E-state index is 0.0546. The average Bonchev–Trinajstić information content (AvgIpc) is 3.28. The monoisotopic (exact) mass is 461 g/mol. The standard InChI is InChI=1S/C24H33F2N5O2/c1-4-13(2)31-20(10-19(29-31)14-7-21(33-24(25)26)23(27)28-11-14)22-17-8-15(9-18(17)22)30-6-5-16(12-30)32-3/h7,10-11,13,15-18,22,24H,4-6,8-9,12H2,1-3H3,(H2,27,28). The Morgan fingerprint density at radius 1 is 1.24 bits per heavy atom. The lowest BCUT2D eigenvalue weighted by Gasteiger charge is -2.26. The Bertz CT molecular complexity index is 987. The smallest absolute Gasteiger partial charge is 0.387 e. The van der Waals surface area contributed by atoms with Crippen molar-refractivity contribution in [1.29, 1.82) is 0 Å². The fourth-order valence-electron chi connectivity index (χ4n) is 5.94. The molecule has 3 heterocycles. The van der Waals surface area contributed by atoms with Crippen molar-refractivity contribution < 1.29 is 18.3 Å². The Morgan fingerprint density at radius 3 is 2.64 bits per heavy atom. The van der Waals surface area contributed by atoms with Gasteiger partial charge in [-0.3, -0.25) is 9.58 Å². The zero-order valence-corrected chi connectivity index (χ0v) is 19.5. The normalized spacial score (nSPS) is 30.1. The van der Waals surface area contributed by atoms with E-state index in [1.807, 2.05) is 7.11 Å². The van der Waals surface area contributed by atoms with Crippen LogP contribution in [0.3, 0.4) is 0 Å². The molecule has 1 aliphatic heterocycles. The number of halogens is 2. The number of hydrogen-bond acceptors (Lipinski definition) is 6. The van der Waals surface area contributed by atoms with Crippen molar-refractivity contribution >= 4 is 5.82 Å². The predicted octanol–water partition coefficient (Wildman–Crippen LogP) is 4.31. The van der Waals surface area contributed by atoms with E-state index in [1.54, 1.807) is 6.20 Å². The van der Waals surface area contributed by atoms with E-state index < -0.39 is 6.61 Å². The third-order valence-corrected chi connectivity index (χ3v) is 7.95. The third-order valence-electron chi connectivity index (χ3n) is 7.95. The quantitative estimate of drug-likeness (QED) is 0.631. The van der Waals surface area contributed by atoms with Gasteiger partial charge in [-0.2, -0.15) is 13.9 Å². The zero-order valence-electron chi connectivity index (χ0n) is 19.5. The molecule has 3 aliphatic rings. The molecule has 2 saturated carbocycles. The maximum absolute atomic E-state index is 12.7. The predicted molar refractivity (Wildman–Crippen MR) is 121 cm³/mol. The molecule has 0 amide bonds. The molecule has 3 fully saturated rings. The van der Waals surface area contributed by atoms with Gasteiger partial charge in [-0.1, -0.05) is 6.92 Å². The first-order chi connectivity index (χ1) is 15.9. The number of anilines is 1. The summed E-state index contributed by atoms with van der Waals surface area (Å²) in [5, 5.41) is 4.87. The second kappa shape index (κ2) is 8.83. The number of likely N-dealkylation sites (tertiary alicyclic amines) is 1. The molecule has 0 bridgehead atoms. The van der Waals surface area contributed by atoms with Gasteiger partial charge in [0.15, 0.2) is 11.6 Å². The fourth-order valence-corrected chi connectivity index (χ4v) is 5.94. The van der Waals surface area contributed by atoms with Crippen molar-refractivity contribution in [3.8, 4) is 17.0 Å². The Morgan fingerprint density at radius 2 is 2.00 bits per heavy atom. The largest absolute Gasteiger partial charge is 0.431 e. The highest BCUT2D eigenvalue weighted by atomic mass is 19.3. The van der Waals surface area contributed by atoms with Crippen molar-refractivity contribution in [1.82, 2.24) is 19.7 Å². The molecule has 5 rings (SSSR count). The lowest BCUT2D eigenvalue weighted by Crippen LogP contribution is -2.33. The van der Waals surface area contributed by atoms with E-state index in [0.29, 0.717) is 35.5 Å². The number of nitrogens with zero attached hydrogens (tertiary/aromatic N) is 4. The Kier molecular flexibility index (Phi) is 6.03. The molecule has 4 unspecified atom stereocenters. The lowest BCUT2D eigenvalue weighted by atomic mass is 10.0.